The molecule has 0 spiro atoms. The van der Waals surface area contributed by atoms with Gasteiger partial charge in [0.2, 0.25) is 0 Å². The smallest absolute Gasteiger partial charge is 0.00390 e. The fraction of sp³-hybridized carbons (Fsp3) is 1.00. The molecule has 0 atom stereocenters. The molecule has 0 unspecified atom stereocenters. The molecule has 4 N–H and O–H groups in total. The van der Waals surface area contributed by atoms with Crippen LogP contribution in [0.5, 0.6) is 0 Å². The van der Waals surface area contributed by atoms with Crippen LogP contribution in [0, 0.1) is 17.3 Å². The van der Waals surface area contributed by atoms with E-state index in [9.17, 15) is 0 Å². The van der Waals surface area contributed by atoms with Gasteiger partial charge in [0, 0.05) is 12.1 Å². The predicted molar refractivity (Wildman–Crippen MR) is 82.9 cm³/mol. The van der Waals surface area contributed by atoms with E-state index in [4.69, 9.17) is 11.5 Å². The average Bonchev–Trinajstić information content (AvgIpc) is 2.44. The normalized spacial score (nSPS) is 37.3. The Bertz CT molecular complexity index is 232. The maximum Gasteiger partial charge on any atom is 0.00390 e. The van der Waals surface area contributed by atoms with Gasteiger partial charge in [0.1, 0.15) is 0 Å². The van der Waals surface area contributed by atoms with Crippen molar-refractivity contribution in [2.75, 3.05) is 0 Å². The molecule has 0 aliphatic heterocycles. The molecule has 0 saturated heterocycles. The van der Waals surface area contributed by atoms with E-state index < -0.39 is 0 Å². The van der Waals surface area contributed by atoms with Crippen molar-refractivity contribution >= 4 is 0 Å². The molecule has 2 saturated carbocycles. The minimum absolute atomic E-state index is 0.474. The lowest BCUT2D eigenvalue weighted by molar-refractivity contribution is 0.00910. The summed E-state index contributed by atoms with van der Waals surface area (Å²) in [5.41, 5.74) is 12.8. The third-order valence-electron chi connectivity index (χ3n) is 6.49. The first kappa shape index (κ1) is 15.3. The monoisotopic (exact) mass is 266 g/mol. The third-order valence-corrected chi connectivity index (χ3v) is 6.49. The first-order valence-corrected chi connectivity index (χ1v) is 8.63. The molecule has 0 aromatic carbocycles. The summed E-state index contributed by atoms with van der Waals surface area (Å²) in [6.07, 6.45) is 13.2. The van der Waals surface area contributed by atoms with Gasteiger partial charge in [-0.3, -0.25) is 0 Å². The summed E-state index contributed by atoms with van der Waals surface area (Å²) in [7, 11) is 0. The molecule has 2 nitrogen and oxygen atoms in total. The minimum Gasteiger partial charge on any atom is -0.328 e. The molecule has 0 radical (unpaired) electrons. The molecule has 0 bridgehead atoms. The highest BCUT2D eigenvalue weighted by Crippen LogP contribution is 2.52. The highest BCUT2D eigenvalue weighted by molar-refractivity contribution is 4.95. The van der Waals surface area contributed by atoms with Crippen LogP contribution in [0.25, 0.3) is 0 Å². The molecule has 19 heavy (non-hydrogen) atoms. The molecule has 0 aromatic rings. The van der Waals surface area contributed by atoms with Gasteiger partial charge in [0.05, 0.1) is 0 Å². The van der Waals surface area contributed by atoms with Crippen LogP contribution in [0.3, 0.4) is 0 Å². The van der Waals surface area contributed by atoms with E-state index in [1.165, 1.54) is 64.2 Å². The number of hydrogen-bond acceptors (Lipinski definition) is 2. The van der Waals surface area contributed by atoms with Crippen LogP contribution in [0.4, 0.5) is 0 Å². The van der Waals surface area contributed by atoms with Gasteiger partial charge in [-0.25, -0.2) is 0 Å². The van der Waals surface area contributed by atoms with E-state index in [0.717, 1.165) is 11.8 Å². The fourth-order valence-electron chi connectivity index (χ4n) is 5.13. The van der Waals surface area contributed by atoms with E-state index in [2.05, 4.69) is 13.8 Å². The van der Waals surface area contributed by atoms with Crippen LogP contribution >= 0.6 is 0 Å². The molecule has 2 aliphatic rings. The lowest BCUT2D eigenvalue weighted by Gasteiger charge is -2.50. The van der Waals surface area contributed by atoms with Crippen molar-refractivity contribution in [2.24, 2.45) is 28.7 Å². The number of hydrogen-bond donors (Lipinski definition) is 2. The van der Waals surface area contributed by atoms with Crippen molar-refractivity contribution in [1.29, 1.82) is 0 Å². The summed E-state index contributed by atoms with van der Waals surface area (Å²) < 4.78 is 0. The summed E-state index contributed by atoms with van der Waals surface area (Å²) in [5.74, 6) is 1.84. The number of rotatable bonds is 4. The van der Waals surface area contributed by atoms with Gasteiger partial charge in [-0.05, 0) is 81.5 Å². The summed E-state index contributed by atoms with van der Waals surface area (Å²) in [6.45, 7) is 4.85. The van der Waals surface area contributed by atoms with Crippen molar-refractivity contribution in [3.63, 3.8) is 0 Å². The molecule has 2 rings (SSSR count). The first-order valence-electron chi connectivity index (χ1n) is 8.63. The highest BCUT2D eigenvalue weighted by Gasteiger charge is 2.43. The van der Waals surface area contributed by atoms with Crippen molar-refractivity contribution in [2.45, 2.75) is 90.1 Å². The fourth-order valence-corrected chi connectivity index (χ4v) is 5.13. The molecular formula is C17H34N2. The highest BCUT2D eigenvalue weighted by atomic mass is 14.7. The zero-order chi connectivity index (χ0) is 13.9. The predicted octanol–water partition coefficient (Wildman–Crippen LogP) is 3.83. The lowest BCUT2D eigenvalue weighted by Crippen LogP contribution is -2.43. The molecule has 0 heterocycles. The third kappa shape index (κ3) is 3.16. The van der Waals surface area contributed by atoms with Crippen LogP contribution in [-0.2, 0) is 0 Å². The SMILES string of the molecule is CCC(CC)(C1CCC(N)CC1)C1CCC(N)CC1. The minimum atomic E-state index is 0.474. The van der Waals surface area contributed by atoms with E-state index in [-0.39, 0.29) is 0 Å². The molecule has 2 heteroatoms. The first-order chi connectivity index (χ1) is 9.12. The van der Waals surface area contributed by atoms with Gasteiger partial charge in [0.15, 0.2) is 0 Å². The van der Waals surface area contributed by atoms with E-state index >= 15 is 0 Å². The second kappa shape index (κ2) is 6.58. The van der Waals surface area contributed by atoms with E-state index in [1.54, 1.807) is 0 Å². The summed E-state index contributed by atoms with van der Waals surface area (Å²) in [5, 5.41) is 0. The standard InChI is InChI=1S/C17H34N2/c1-3-17(4-2,13-5-9-15(18)10-6-13)14-7-11-16(19)12-8-14/h13-16H,3-12,18-19H2,1-2H3. The maximum atomic E-state index is 6.10. The zero-order valence-corrected chi connectivity index (χ0v) is 13.0. The largest absolute Gasteiger partial charge is 0.328 e. The Hall–Kier alpha value is -0.0800. The Kier molecular flexibility index (Phi) is 5.30. The second-order valence-electron chi connectivity index (χ2n) is 7.16. The van der Waals surface area contributed by atoms with Gasteiger partial charge in [-0.1, -0.05) is 13.8 Å². The summed E-state index contributed by atoms with van der Waals surface area (Å²) in [4.78, 5) is 0. The number of nitrogens with two attached hydrogens (primary N) is 2. The maximum absolute atomic E-state index is 6.10. The van der Waals surface area contributed by atoms with Crippen molar-refractivity contribution in [3.8, 4) is 0 Å². The van der Waals surface area contributed by atoms with Crippen LogP contribution in [0.2, 0.25) is 0 Å². The van der Waals surface area contributed by atoms with Crippen molar-refractivity contribution < 1.29 is 0 Å². The quantitative estimate of drug-likeness (QED) is 0.812. The van der Waals surface area contributed by atoms with E-state index in [0.29, 0.717) is 17.5 Å². The zero-order valence-electron chi connectivity index (χ0n) is 13.0. The Balaban J connectivity index is 2.08. The van der Waals surface area contributed by atoms with Crippen molar-refractivity contribution in [1.82, 2.24) is 0 Å². The molecule has 2 fully saturated rings. The molecular weight excluding hydrogens is 232 g/mol. The Morgan fingerprint density at radius 3 is 1.26 bits per heavy atom. The average molecular weight is 266 g/mol. The summed E-state index contributed by atoms with van der Waals surface area (Å²) >= 11 is 0. The van der Waals surface area contributed by atoms with Gasteiger partial charge < -0.3 is 11.5 Å². The van der Waals surface area contributed by atoms with Gasteiger partial charge in [-0.15, -0.1) is 0 Å². The Morgan fingerprint density at radius 1 is 0.684 bits per heavy atom. The lowest BCUT2D eigenvalue weighted by atomic mass is 9.56. The van der Waals surface area contributed by atoms with Gasteiger partial charge in [-0.2, -0.15) is 0 Å². The molecule has 112 valence electrons. The van der Waals surface area contributed by atoms with Crippen molar-refractivity contribution in [3.05, 3.63) is 0 Å². The Morgan fingerprint density at radius 2 is 1.00 bits per heavy atom. The molecule has 0 aromatic heterocycles. The summed E-state index contributed by atoms with van der Waals surface area (Å²) in [6, 6.07) is 0.949. The topological polar surface area (TPSA) is 52.0 Å². The van der Waals surface area contributed by atoms with E-state index in [1.807, 2.05) is 0 Å². The molecule has 0 amide bonds. The second-order valence-corrected chi connectivity index (χ2v) is 7.16. The van der Waals surface area contributed by atoms with Crippen LogP contribution in [0.15, 0.2) is 0 Å². The van der Waals surface area contributed by atoms with Crippen LogP contribution in [-0.4, -0.2) is 12.1 Å². The molecule has 2 aliphatic carbocycles. The van der Waals surface area contributed by atoms with Crippen LogP contribution in [0.1, 0.15) is 78.1 Å². The van der Waals surface area contributed by atoms with Crippen LogP contribution < -0.4 is 11.5 Å². The Labute approximate surface area is 119 Å². The van der Waals surface area contributed by atoms with Gasteiger partial charge in [0.25, 0.3) is 0 Å². The van der Waals surface area contributed by atoms with Gasteiger partial charge >= 0.3 is 0 Å².